The van der Waals surface area contributed by atoms with Crippen LogP contribution in [0.3, 0.4) is 0 Å². The molecule has 12 nitrogen and oxygen atoms in total. The number of rotatable bonds is 13. The highest BCUT2D eigenvalue weighted by Gasteiger charge is 2.46. The van der Waals surface area contributed by atoms with Crippen LogP contribution in [0.1, 0.15) is 29.5 Å². The lowest BCUT2D eigenvalue weighted by Crippen LogP contribution is -2.09. The van der Waals surface area contributed by atoms with Gasteiger partial charge in [0, 0.05) is 16.7 Å². The molecule has 51 heavy (non-hydrogen) atoms. The molecule has 0 spiro atoms. The van der Waals surface area contributed by atoms with Gasteiger partial charge in [-0.1, -0.05) is 36.8 Å². The predicted octanol–water partition coefficient (Wildman–Crippen LogP) is 7.72. The first-order valence-corrected chi connectivity index (χ1v) is 15.4. The van der Waals surface area contributed by atoms with Crippen molar-refractivity contribution in [1.82, 2.24) is 5.16 Å². The number of carbonyl (C=O) groups is 1. The molecule has 1 aromatic heterocycles. The van der Waals surface area contributed by atoms with Crippen LogP contribution < -0.4 is 37.9 Å². The summed E-state index contributed by atoms with van der Waals surface area (Å²) in [6.45, 7) is 0. The van der Waals surface area contributed by atoms with Gasteiger partial charge in [0.15, 0.2) is 34.9 Å². The topological polar surface area (TPSA) is 129 Å². The van der Waals surface area contributed by atoms with Gasteiger partial charge >= 0.3 is 0 Å². The fraction of sp³-hybridized carbons (Fsp3) is 0.282. The fourth-order valence-corrected chi connectivity index (χ4v) is 5.38. The molecule has 1 aliphatic heterocycles. The summed E-state index contributed by atoms with van der Waals surface area (Å²) in [7, 11) is 12.5. The number of nitrogens with zero attached hydrogens (tertiary/aromatic N) is 1. The second-order valence-electron chi connectivity index (χ2n) is 10.7. The minimum Gasteiger partial charge on any atom is -0.497 e. The number of methoxy groups -OCH3 is 8. The van der Waals surface area contributed by atoms with Gasteiger partial charge in [0.1, 0.15) is 29.6 Å². The zero-order valence-electron chi connectivity index (χ0n) is 29.1. The van der Waals surface area contributed by atoms with Gasteiger partial charge in [-0.05, 0) is 59.7 Å². The summed E-state index contributed by atoms with van der Waals surface area (Å²) in [4.78, 5) is 12.7. The van der Waals surface area contributed by atoms with Gasteiger partial charge in [0.05, 0.1) is 56.9 Å². The van der Waals surface area contributed by atoms with Crippen molar-refractivity contribution in [2.24, 2.45) is 0 Å². The van der Waals surface area contributed by atoms with Gasteiger partial charge in [-0.15, -0.1) is 0 Å². The van der Waals surface area contributed by atoms with Gasteiger partial charge < -0.3 is 47.2 Å². The Labute approximate surface area is 297 Å². The molecule has 0 saturated carbocycles. The normalized spacial score (nSPS) is 14.1. The van der Waals surface area contributed by atoms with Crippen LogP contribution >= 0.6 is 0 Å². The first-order chi connectivity index (χ1) is 24.3. The van der Waals surface area contributed by atoms with Crippen molar-refractivity contribution in [2.75, 3.05) is 56.9 Å². The molecular formula is C39H43NO11. The SMILES string of the molecule is C.COc1ccc(-c2conc2-c2cc(OC)c(OC)c(OC)c2)cc1.COc1ccc(C2OC2C(=O)c2cc(OC)c(OC)c(OC)c2)cc1. The quantitative estimate of drug-likeness (QED) is 0.0880. The molecule has 270 valence electrons. The average Bonchev–Trinajstić information content (AvgIpc) is 3.83. The number of hydrogen-bond donors (Lipinski definition) is 0. The molecule has 1 saturated heterocycles. The van der Waals surface area contributed by atoms with Crippen molar-refractivity contribution >= 4 is 5.78 Å². The predicted molar refractivity (Wildman–Crippen MR) is 191 cm³/mol. The molecule has 0 amide bonds. The lowest BCUT2D eigenvalue weighted by molar-refractivity contribution is 0.0953. The van der Waals surface area contributed by atoms with E-state index in [1.54, 1.807) is 53.9 Å². The summed E-state index contributed by atoms with van der Waals surface area (Å²) in [6, 6.07) is 22.1. The second kappa shape index (κ2) is 17.2. The van der Waals surface area contributed by atoms with Gasteiger partial charge in [-0.3, -0.25) is 4.79 Å². The first kappa shape index (κ1) is 37.9. The monoisotopic (exact) mass is 701 g/mol. The van der Waals surface area contributed by atoms with Crippen LogP contribution in [0, 0.1) is 0 Å². The number of Topliss-reactive ketones (excluding diaryl/α,β-unsaturated/α-hetero) is 1. The van der Waals surface area contributed by atoms with Gasteiger partial charge in [0.25, 0.3) is 0 Å². The van der Waals surface area contributed by atoms with Crippen LogP contribution in [0.25, 0.3) is 22.4 Å². The van der Waals surface area contributed by atoms with Crippen LogP contribution in [-0.2, 0) is 4.74 Å². The van der Waals surface area contributed by atoms with Crippen LogP contribution in [0.15, 0.2) is 83.6 Å². The smallest absolute Gasteiger partial charge is 0.203 e. The molecule has 2 unspecified atom stereocenters. The number of aromatic nitrogens is 1. The molecule has 2 heterocycles. The van der Waals surface area contributed by atoms with E-state index in [0.29, 0.717) is 45.8 Å². The lowest BCUT2D eigenvalue weighted by Gasteiger charge is -2.13. The molecule has 0 N–H and O–H groups in total. The third kappa shape index (κ3) is 8.13. The van der Waals surface area contributed by atoms with Gasteiger partial charge in [-0.2, -0.15) is 0 Å². The largest absolute Gasteiger partial charge is 0.497 e. The highest BCUT2D eigenvalue weighted by molar-refractivity contribution is 6.02. The summed E-state index contributed by atoms with van der Waals surface area (Å²) < 4.78 is 53.2. The molecule has 0 aliphatic carbocycles. The van der Waals surface area contributed by atoms with Crippen molar-refractivity contribution in [3.05, 3.63) is 90.2 Å². The Balaban J connectivity index is 0.000000224. The average molecular weight is 702 g/mol. The Hall–Kier alpha value is -5.88. The van der Waals surface area contributed by atoms with E-state index in [2.05, 4.69) is 5.16 Å². The molecule has 0 radical (unpaired) electrons. The lowest BCUT2D eigenvalue weighted by atomic mass is 10.0. The van der Waals surface area contributed by atoms with E-state index >= 15 is 0 Å². The Morgan fingerprint density at radius 1 is 0.588 bits per heavy atom. The summed E-state index contributed by atoms with van der Waals surface area (Å²) in [5, 5.41) is 4.15. The molecular weight excluding hydrogens is 658 g/mol. The highest BCUT2D eigenvalue weighted by Crippen LogP contribution is 2.45. The maximum atomic E-state index is 12.7. The number of ether oxygens (including phenoxy) is 9. The molecule has 5 aromatic rings. The van der Waals surface area contributed by atoms with E-state index in [9.17, 15) is 4.79 Å². The van der Waals surface area contributed by atoms with Crippen LogP contribution in [0.2, 0.25) is 0 Å². The molecule has 4 aromatic carbocycles. The Morgan fingerprint density at radius 3 is 1.51 bits per heavy atom. The van der Waals surface area contributed by atoms with E-state index in [1.165, 1.54) is 21.3 Å². The highest BCUT2D eigenvalue weighted by atomic mass is 16.6. The Kier molecular flexibility index (Phi) is 12.8. The third-order valence-electron chi connectivity index (χ3n) is 8.05. The van der Waals surface area contributed by atoms with Crippen molar-refractivity contribution in [3.63, 3.8) is 0 Å². The van der Waals surface area contributed by atoms with Crippen molar-refractivity contribution < 1.29 is 51.9 Å². The minimum atomic E-state index is -0.517. The Bertz CT molecular complexity index is 1850. The van der Waals surface area contributed by atoms with E-state index < -0.39 is 6.10 Å². The second-order valence-corrected chi connectivity index (χ2v) is 10.7. The van der Waals surface area contributed by atoms with E-state index in [1.807, 2.05) is 60.7 Å². The maximum absolute atomic E-state index is 12.7. The van der Waals surface area contributed by atoms with E-state index in [-0.39, 0.29) is 19.3 Å². The molecule has 12 heteroatoms. The number of benzene rings is 4. The fourth-order valence-electron chi connectivity index (χ4n) is 5.38. The summed E-state index contributed by atoms with van der Waals surface area (Å²) in [6.07, 6.45) is 0.842. The van der Waals surface area contributed by atoms with E-state index in [4.69, 9.17) is 47.2 Å². The summed E-state index contributed by atoms with van der Waals surface area (Å²) >= 11 is 0. The standard InChI is InChI=1S/C19H19NO5.C19H20O6.CH4/c1-21-14-7-5-12(6-8-14)15-11-25-20-18(15)13-9-16(22-2)19(24-4)17(10-13)23-3;1-21-13-7-5-11(6-8-13)17-19(25-17)16(20)12-9-14(22-2)18(24-4)15(10-12)23-3;/h5-11H,1-4H3;5-10,17,19H,1-4H3;1H4. The number of ketones is 1. The van der Waals surface area contributed by atoms with Crippen molar-refractivity contribution in [3.8, 4) is 68.4 Å². The number of hydrogen-bond acceptors (Lipinski definition) is 12. The zero-order chi connectivity index (χ0) is 35.8. The maximum Gasteiger partial charge on any atom is 0.203 e. The molecule has 2 atom stereocenters. The molecule has 0 bridgehead atoms. The molecule has 1 aliphatic rings. The minimum absolute atomic E-state index is 0. The number of epoxide rings is 1. The van der Waals surface area contributed by atoms with Crippen LogP contribution in [0.4, 0.5) is 0 Å². The molecule has 6 rings (SSSR count). The third-order valence-corrected chi connectivity index (χ3v) is 8.05. The number of carbonyl (C=O) groups excluding carboxylic acids is 1. The molecule has 1 fully saturated rings. The summed E-state index contributed by atoms with van der Waals surface area (Å²) in [5.41, 5.74) is 4.70. The Morgan fingerprint density at radius 2 is 1.06 bits per heavy atom. The van der Waals surface area contributed by atoms with Gasteiger partial charge in [-0.25, -0.2) is 0 Å². The zero-order valence-corrected chi connectivity index (χ0v) is 29.1. The first-order valence-electron chi connectivity index (χ1n) is 15.4. The van der Waals surface area contributed by atoms with Crippen molar-refractivity contribution in [2.45, 2.75) is 19.6 Å². The van der Waals surface area contributed by atoms with Crippen LogP contribution in [-0.4, -0.2) is 73.9 Å². The summed E-state index contributed by atoms with van der Waals surface area (Å²) in [5.74, 6) is 4.39. The van der Waals surface area contributed by atoms with Crippen LogP contribution in [0.5, 0.6) is 46.0 Å². The van der Waals surface area contributed by atoms with Crippen molar-refractivity contribution in [1.29, 1.82) is 0 Å². The van der Waals surface area contributed by atoms with Gasteiger partial charge in [0.2, 0.25) is 11.5 Å². The van der Waals surface area contributed by atoms with E-state index in [0.717, 1.165) is 33.8 Å².